The number of methoxy groups -OCH3 is 2. The second-order valence-corrected chi connectivity index (χ2v) is 6.19. The summed E-state index contributed by atoms with van der Waals surface area (Å²) in [5.74, 6) is 1.36. The third-order valence-electron chi connectivity index (χ3n) is 4.35. The molecule has 1 heterocycles. The fourth-order valence-corrected chi connectivity index (χ4v) is 2.69. The van der Waals surface area contributed by atoms with E-state index in [-0.39, 0.29) is 24.4 Å². The predicted octanol–water partition coefficient (Wildman–Crippen LogP) is 2.27. The minimum absolute atomic E-state index is 0. The molecule has 1 aromatic carbocycles. The van der Waals surface area contributed by atoms with Crippen LogP contribution in [-0.4, -0.2) is 39.3 Å². The van der Waals surface area contributed by atoms with Crippen molar-refractivity contribution >= 4 is 18.3 Å². The summed E-state index contributed by atoms with van der Waals surface area (Å²) in [4.78, 5) is 12.7. The van der Waals surface area contributed by atoms with Crippen LogP contribution in [0.4, 0.5) is 0 Å². The lowest BCUT2D eigenvalue weighted by Crippen LogP contribution is -2.48. The Morgan fingerprint density at radius 3 is 2.35 bits per heavy atom. The van der Waals surface area contributed by atoms with Crippen molar-refractivity contribution in [3.05, 3.63) is 23.8 Å². The van der Waals surface area contributed by atoms with Gasteiger partial charge in [0.2, 0.25) is 5.91 Å². The quantitative estimate of drug-likeness (QED) is 0.861. The van der Waals surface area contributed by atoms with E-state index in [1.807, 2.05) is 32.0 Å². The van der Waals surface area contributed by atoms with Gasteiger partial charge in [-0.05, 0) is 57.5 Å². The van der Waals surface area contributed by atoms with Gasteiger partial charge in [0, 0.05) is 6.04 Å². The number of piperidine rings is 1. The van der Waals surface area contributed by atoms with Crippen molar-refractivity contribution in [3.8, 4) is 11.5 Å². The van der Waals surface area contributed by atoms with Crippen LogP contribution >= 0.6 is 12.4 Å². The largest absolute Gasteiger partial charge is 0.493 e. The number of hydrogen-bond acceptors (Lipinski definition) is 4. The van der Waals surface area contributed by atoms with Crippen molar-refractivity contribution in [2.45, 2.75) is 38.1 Å². The fraction of sp³-hybridized carbons (Fsp3) is 0.588. The highest BCUT2D eigenvalue weighted by Gasteiger charge is 2.32. The highest BCUT2D eigenvalue weighted by atomic mass is 35.5. The van der Waals surface area contributed by atoms with Crippen LogP contribution in [-0.2, 0) is 10.2 Å². The van der Waals surface area contributed by atoms with E-state index in [1.54, 1.807) is 14.2 Å². The van der Waals surface area contributed by atoms with Crippen LogP contribution in [0.25, 0.3) is 0 Å². The van der Waals surface area contributed by atoms with Crippen molar-refractivity contribution < 1.29 is 14.3 Å². The molecular formula is C17H27ClN2O3. The fourth-order valence-electron chi connectivity index (χ4n) is 2.69. The predicted molar refractivity (Wildman–Crippen MR) is 93.9 cm³/mol. The number of carbonyl (C=O) groups is 1. The Morgan fingerprint density at radius 2 is 1.78 bits per heavy atom. The van der Waals surface area contributed by atoms with E-state index in [0.29, 0.717) is 11.5 Å². The first-order chi connectivity index (χ1) is 10.5. The summed E-state index contributed by atoms with van der Waals surface area (Å²) in [7, 11) is 3.20. The second kappa shape index (κ2) is 8.41. The zero-order valence-electron chi connectivity index (χ0n) is 14.3. The molecule has 0 unspecified atom stereocenters. The summed E-state index contributed by atoms with van der Waals surface area (Å²) in [6.45, 7) is 5.79. The molecular weight excluding hydrogens is 316 g/mol. The number of halogens is 1. The first-order valence-corrected chi connectivity index (χ1v) is 7.73. The van der Waals surface area contributed by atoms with Crippen molar-refractivity contribution in [1.82, 2.24) is 10.6 Å². The standard InChI is InChI=1S/C17H26N2O3.ClH/c1-17(2,16(20)19-13-7-9-18-10-8-13)12-5-6-14(21-3)15(11-12)22-4;/h5-6,11,13,18H,7-10H2,1-4H3,(H,19,20);1H. The average molecular weight is 343 g/mol. The van der Waals surface area contributed by atoms with Gasteiger partial charge in [-0.1, -0.05) is 6.07 Å². The van der Waals surface area contributed by atoms with Crippen LogP contribution in [0.5, 0.6) is 11.5 Å². The van der Waals surface area contributed by atoms with Crippen LogP contribution in [0.1, 0.15) is 32.3 Å². The Labute approximate surface area is 144 Å². The molecule has 130 valence electrons. The first-order valence-electron chi connectivity index (χ1n) is 7.73. The summed E-state index contributed by atoms with van der Waals surface area (Å²) in [5.41, 5.74) is 0.293. The second-order valence-electron chi connectivity index (χ2n) is 6.19. The summed E-state index contributed by atoms with van der Waals surface area (Å²) in [5, 5.41) is 6.48. The molecule has 0 aromatic heterocycles. The molecule has 0 saturated carbocycles. The number of amides is 1. The molecule has 6 heteroatoms. The molecule has 0 radical (unpaired) electrons. The number of ether oxygens (including phenoxy) is 2. The van der Waals surface area contributed by atoms with Gasteiger partial charge in [0.05, 0.1) is 19.6 Å². The minimum atomic E-state index is -0.621. The van der Waals surface area contributed by atoms with Crippen molar-refractivity contribution in [1.29, 1.82) is 0 Å². The van der Waals surface area contributed by atoms with E-state index >= 15 is 0 Å². The van der Waals surface area contributed by atoms with Gasteiger partial charge in [0.1, 0.15) is 0 Å². The number of hydrogen-bond donors (Lipinski definition) is 2. The number of nitrogens with one attached hydrogen (secondary N) is 2. The van der Waals surface area contributed by atoms with Crippen LogP contribution in [0.15, 0.2) is 18.2 Å². The van der Waals surface area contributed by atoms with Gasteiger partial charge in [0.25, 0.3) is 0 Å². The molecule has 1 saturated heterocycles. The smallest absolute Gasteiger partial charge is 0.230 e. The van der Waals surface area contributed by atoms with Crippen molar-refractivity contribution in [3.63, 3.8) is 0 Å². The Balaban J connectivity index is 0.00000264. The molecule has 0 aliphatic carbocycles. The number of carbonyl (C=O) groups excluding carboxylic acids is 1. The Hall–Kier alpha value is -1.46. The minimum Gasteiger partial charge on any atom is -0.493 e. The molecule has 0 spiro atoms. The third kappa shape index (κ3) is 4.52. The molecule has 1 fully saturated rings. The van der Waals surface area contributed by atoms with Crippen LogP contribution in [0.3, 0.4) is 0 Å². The maximum absolute atomic E-state index is 12.7. The summed E-state index contributed by atoms with van der Waals surface area (Å²) in [6, 6.07) is 5.89. The molecule has 0 bridgehead atoms. The van der Waals surface area contributed by atoms with Crippen LogP contribution in [0.2, 0.25) is 0 Å². The van der Waals surface area contributed by atoms with Gasteiger partial charge in [0.15, 0.2) is 11.5 Å². The molecule has 23 heavy (non-hydrogen) atoms. The van der Waals surface area contributed by atoms with E-state index in [9.17, 15) is 4.79 Å². The summed E-state index contributed by atoms with van der Waals surface area (Å²) < 4.78 is 10.6. The molecule has 1 aliphatic heterocycles. The van der Waals surface area contributed by atoms with Crippen LogP contribution < -0.4 is 20.1 Å². The zero-order valence-corrected chi connectivity index (χ0v) is 15.1. The Kier molecular flexibility index (Phi) is 7.16. The van der Waals surface area contributed by atoms with E-state index in [0.717, 1.165) is 31.5 Å². The molecule has 2 rings (SSSR count). The maximum atomic E-state index is 12.7. The lowest BCUT2D eigenvalue weighted by atomic mass is 9.83. The normalized spacial score (nSPS) is 15.5. The summed E-state index contributed by atoms with van der Waals surface area (Å²) >= 11 is 0. The Morgan fingerprint density at radius 1 is 1.17 bits per heavy atom. The molecule has 1 aliphatic rings. The van der Waals surface area contributed by atoms with E-state index in [2.05, 4.69) is 10.6 Å². The number of rotatable bonds is 5. The van der Waals surface area contributed by atoms with Crippen LogP contribution in [0, 0.1) is 0 Å². The molecule has 1 amide bonds. The molecule has 2 N–H and O–H groups in total. The molecule has 5 nitrogen and oxygen atoms in total. The van der Waals surface area contributed by atoms with Gasteiger partial charge in [-0.2, -0.15) is 0 Å². The first kappa shape index (κ1) is 19.6. The van der Waals surface area contributed by atoms with Gasteiger partial charge in [-0.3, -0.25) is 4.79 Å². The monoisotopic (exact) mass is 342 g/mol. The van der Waals surface area contributed by atoms with E-state index in [4.69, 9.17) is 9.47 Å². The van der Waals surface area contributed by atoms with E-state index < -0.39 is 5.41 Å². The highest BCUT2D eigenvalue weighted by molar-refractivity contribution is 5.87. The SMILES string of the molecule is COc1ccc(C(C)(C)C(=O)NC2CCNCC2)cc1OC.Cl. The lowest BCUT2D eigenvalue weighted by molar-refractivity contribution is -0.126. The highest BCUT2D eigenvalue weighted by Crippen LogP contribution is 2.33. The maximum Gasteiger partial charge on any atom is 0.230 e. The zero-order chi connectivity index (χ0) is 16.2. The lowest BCUT2D eigenvalue weighted by Gasteiger charge is -2.30. The summed E-state index contributed by atoms with van der Waals surface area (Å²) in [6.07, 6.45) is 1.96. The van der Waals surface area contributed by atoms with Gasteiger partial charge in [-0.25, -0.2) is 0 Å². The van der Waals surface area contributed by atoms with Crippen molar-refractivity contribution in [2.75, 3.05) is 27.3 Å². The Bertz CT molecular complexity index is 529. The molecule has 1 aromatic rings. The average Bonchev–Trinajstić information content (AvgIpc) is 2.54. The molecule has 0 atom stereocenters. The van der Waals surface area contributed by atoms with Gasteiger partial charge >= 0.3 is 0 Å². The van der Waals surface area contributed by atoms with E-state index in [1.165, 1.54) is 0 Å². The van der Waals surface area contributed by atoms with Crippen molar-refractivity contribution in [2.24, 2.45) is 0 Å². The van der Waals surface area contributed by atoms with Gasteiger partial charge < -0.3 is 20.1 Å². The number of benzene rings is 1. The third-order valence-corrected chi connectivity index (χ3v) is 4.35. The topological polar surface area (TPSA) is 59.6 Å². The van der Waals surface area contributed by atoms with Gasteiger partial charge in [-0.15, -0.1) is 12.4 Å².